The van der Waals surface area contributed by atoms with E-state index in [9.17, 15) is 8.42 Å². The summed E-state index contributed by atoms with van der Waals surface area (Å²) in [4.78, 5) is 2.57. The van der Waals surface area contributed by atoms with Gasteiger partial charge in [0.2, 0.25) is 0 Å². The molecule has 0 saturated heterocycles. The fraction of sp³-hybridized carbons (Fsp3) is 0.385. The number of hydrogen-bond donors (Lipinski definition) is 2. The number of aliphatic hydroxyl groups excluding tert-OH is 1. The van der Waals surface area contributed by atoms with E-state index in [2.05, 4.69) is 16.7 Å². The lowest BCUT2D eigenvalue weighted by Gasteiger charge is -2.13. The van der Waals surface area contributed by atoms with Crippen molar-refractivity contribution in [2.45, 2.75) is 18.2 Å². The predicted octanol–water partition coefficient (Wildman–Crippen LogP) is 0.484. The Hall–Kier alpha value is -1.39. The normalized spacial score (nSPS) is 11.2. The van der Waals surface area contributed by atoms with Crippen LogP contribution in [0.1, 0.15) is 17.5 Å². The van der Waals surface area contributed by atoms with Gasteiger partial charge >= 0.3 is 0 Å². The molecule has 0 fully saturated rings. The summed E-state index contributed by atoms with van der Waals surface area (Å²) in [6, 6.07) is 4.76. The van der Waals surface area contributed by atoms with Crippen LogP contribution in [0.25, 0.3) is 0 Å². The second-order valence-corrected chi connectivity index (χ2v) is 5.90. The Morgan fingerprint density at radius 1 is 1.37 bits per heavy atom. The minimum Gasteiger partial charge on any atom is -0.395 e. The zero-order chi connectivity index (χ0) is 14.5. The molecule has 0 unspecified atom stereocenters. The van der Waals surface area contributed by atoms with Crippen LogP contribution in [0.5, 0.6) is 0 Å². The first-order valence-electron chi connectivity index (χ1n) is 5.77. The van der Waals surface area contributed by atoms with E-state index in [1.54, 1.807) is 33.2 Å². The van der Waals surface area contributed by atoms with Crippen molar-refractivity contribution in [3.8, 4) is 11.8 Å². The van der Waals surface area contributed by atoms with Gasteiger partial charge in [0.1, 0.15) is 0 Å². The molecule has 0 heterocycles. The molecule has 0 amide bonds. The highest BCUT2D eigenvalue weighted by Gasteiger charge is 2.15. The summed E-state index contributed by atoms with van der Waals surface area (Å²) < 4.78 is 23.9. The number of nitrogens with one attached hydrogen (secondary N) is 1. The van der Waals surface area contributed by atoms with Gasteiger partial charge in [-0.05, 0) is 30.7 Å². The first-order chi connectivity index (χ1) is 8.86. The van der Waals surface area contributed by atoms with Crippen molar-refractivity contribution in [1.82, 2.24) is 9.84 Å². The van der Waals surface area contributed by atoms with Gasteiger partial charge in [-0.1, -0.05) is 11.8 Å². The molecule has 104 valence electrons. The Balaban J connectivity index is 3.04. The molecule has 0 atom stereocenters. The molecule has 1 rings (SSSR count). The number of aliphatic hydroxyl groups is 1. The van der Waals surface area contributed by atoms with Crippen molar-refractivity contribution in [2.24, 2.45) is 0 Å². The molecule has 19 heavy (non-hydrogen) atoms. The zero-order valence-corrected chi connectivity index (χ0v) is 12.1. The lowest BCUT2D eigenvalue weighted by atomic mass is 10.1. The van der Waals surface area contributed by atoms with E-state index in [0.29, 0.717) is 6.42 Å². The maximum absolute atomic E-state index is 11.9. The van der Waals surface area contributed by atoms with E-state index in [1.807, 2.05) is 0 Å². The van der Waals surface area contributed by atoms with Gasteiger partial charge in [-0.15, -0.1) is 4.83 Å². The highest BCUT2D eigenvalue weighted by Crippen LogP contribution is 2.14. The molecule has 5 nitrogen and oxygen atoms in total. The third kappa shape index (κ3) is 4.65. The van der Waals surface area contributed by atoms with Crippen LogP contribution in [0.2, 0.25) is 0 Å². The van der Waals surface area contributed by atoms with Gasteiger partial charge in [-0.25, -0.2) is 13.4 Å². The van der Waals surface area contributed by atoms with Crippen molar-refractivity contribution < 1.29 is 13.5 Å². The van der Waals surface area contributed by atoms with Crippen LogP contribution in [0.15, 0.2) is 23.1 Å². The van der Waals surface area contributed by atoms with Gasteiger partial charge in [0.15, 0.2) is 0 Å². The topological polar surface area (TPSA) is 69.6 Å². The molecule has 0 saturated carbocycles. The third-order valence-corrected chi connectivity index (χ3v) is 3.75. The van der Waals surface area contributed by atoms with Gasteiger partial charge < -0.3 is 5.11 Å². The molecule has 0 radical (unpaired) electrons. The Morgan fingerprint density at radius 2 is 2.05 bits per heavy atom. The maximum Gasteiger partial charge on any atom is 0.253 e. The van der Waals surface area contributed by atoms with Crippen LogP contribution in [0.4, 0.5) is 0 Å². The minimum atomic E-state index is -3.54. The monoisotopic (exact) mass is 282 g/mol. The molecule has 0 aliphatic carbocycles. The zero-order valence-electron chi connectivity index (χ0n) is 11.3. The number of nitrogens with zero attached hydrogens (tertiary/aromatic N) is 1. The van der Waals surface area contributed by atoms with Gasteiger partial charge in [0.25, 0.3) is 10.0 Å². The average molecular weight is 282 g/mol. The van der Waals surface area contributed by atoms with Crippen molar-refractivity contribution in [3.05, 3.63) is 29.3 Å². The maximum atomic E-state index is 11.9. The smallest absolute Gasteiger partial charge is 0.253 e. The number of aryl methyl sites for hydroxylation is 1. The summed E-state index contributed by atoms with van der Waals surface area (Å²) in [7, 11) is -0.316. The number of rotatable bonds is 4. The van der Waals surface area contributed by atoms with Crippen LogP contribution < -0.4 is 4.83 Å². The van der Waals surface area contributed by atoms with E-state index in [1.165, 1.54) is 11.1 Å². The molecule has 0 aromatic heterocycles. The van der Waals surface area contributed by atoms with Crippen LogP contribution in [-0.4, -0.2) is 39.2 Å². The number of benzene rings is 1. The van der Waals surface area contributed by atoms with E-state index >= 15 is 0 Å². The second-order valence-electron chi connectivity index (χ2n) is 4.24. The summed E-state index contributed by atoms with van der Waals surface area (Å²) in [6.45, 7) is 1.82. The summed E-state index contributed by atoms with van der Waals surface area (Å²) in [6.07, 6.45) is 0.404. The van der Waals surface area contributed by atoms with Crippen molar-refractivity contribution >= 4 is 10.0 Å². The third-order valence-electron chi connectivity index (χ3n) is 2.27. The average Bonchev–Trinajstić information content (AvgIpc) is 2.29. The summed E-state index contributed by atoms with van der Waals surface area (Å²) in [5, 5.41) is 10.0. The van der Waals surface area contributed by atoms with Crippen LogP contribution in [0, 0.1) is 18.8 Å². The molecule has 1 aromatic rings. The molecule has 2 N–H and O–H groups in total. The van der Waals surface area contributed by atoms with E-state index in [4.69, 9.17) is 5.11 Å². The van der Waals surface area contributed by atoms with E-state index in [-0.39, 0.29) is 11.5 Å². The number of hydrogen-bond acceptors (Lipinski definition) is 4. The summed E-state index contributed by atoms with van der Waals surface area (Å²) in [5.41, 5.74) is 1.55. The Kier molecular flexibility index (Phi) is 5.51. The van der Waals surface area contributed by atoms with Crippen LogP contribution >= 0.6 is 0 Å². The van der Waals surface area contributed by atoms with E-state index < -0.39 is 10.0 Å². The Morgan fingerprint density at radius 3 is 2.58 bits per heavy atom. The van der Waals surface area contributed by atoms with Crippen molar-refractivity contribution in [3.63, 3.8) is 0 Å². The standard InChI is InChI=1S/C13H18N2O3S/c1-11-10-13(19(17,18)14-15(2)3)8-7-12(11)6-4-5-9-16/h7-8,10,14,16H,5,9H2,1-3H3. The lowest BCUT2D eigenvalue weighted by Crippen LogP contribution is -2.36. The molecular formula is C13H18N2O3S. The second kappa shape index (κ2) is 6.68. The van der Waals surface area contributed by atoms with Gasteiger partial charge in [0, 0.05) is 26.1 Å². The molecule has 1 aromatic carbocycles. The fourth-order valence-corrected chi connectivity index (χ4v) is 2.62. The summed E-state index contributed by atoms with van der Waals surface area (Å²) in [5.74, 6) is 5.71. The lowest BCUT2D eigenvalue weighted by molar-refractivity contribution is 0.305. The van der Waals surface area contributed by atoms with Gasteiger partial charge in [0.05, 0.1) is 11.5 Å². The molecule has 0 aliphatic rings. The van der Waals surface area contributed by atoms with Crippen molar-refractivity contribution in [1.29, 1.82) is 0 Å². The SMILES string of the molecule is Cc1cc(S(=O)(=O)NN(C)C)ccc1C#CCCO. The number of hydrazine groups is 1. The first-order valence-corrected chi connectivity index (χ1v) is 7.25. The number of sulfonamides is 1. The Bertz CT molecular complexity index is 598. The molecule has 0 spiro atoms. The van der Waals surface area contributed by atoms with Crippen LogP contribution in [0.3, 0.4) is 0 Å². The van der Waals surface area contributed by atoms with Gasteiger partial charge in [-0.2, -0.15) is 0 Å². The molecular weight excluding hydrogens is 264 g/mol. The predicted molar refractivity (Wildman–Crippen MR) is 73.8 cm³/mol. The largest absolute Gasteiger partial charge is 0.395 e. The fourth-order valence-electron chi connectivity index (χ4n) is 1.45. The minimum absolute atomic E-state index is 0.0191. The van der Waals surface area contributed by atoms with Crippen molar-refractivity contribution in [2.75, 3.05) is 20.7 Å². The first kappa shape index (κ1) is 15.7. The molecule has 6 heteroatoms. The van der Waals surface area contributed by atoms with E-state index in [0.717, 1.165) is 11.1 Å². The highest BCUT2D eigenvalue weighted by molar-refractivity contribution is 7.89. The van der Waals surface area contributed by atoms with Gasteiger partial charge in [-0.3, -0.25) is 0 Å². The van der Waals surface area contributed by atoms with Crippen LogP contribution in [-0.2, 0) is 10.0 Å². The Labute approximate surface area is 114 Å². The molecule has 0 aliphatic heterocycles. The highest BCUT2D eigenvalue weighted by atomic mass is 32.2. The quantitative estimate of drug-likeness (QED) is 0.623. The molecule has 0 bridgehead atoms. The summed E-state index contributed by atoms with van der Waals surface area (Å²) >= 11 is 0.